The van der Waals surface area contributed by atoms with E-state index in [1.54, 1.807) is 0 Å². The Morgan fingerprint density at radius 2 is 0.442 bits per heavy atom. The molecule has 3 N–H and O–H groups in total. The number of ether oxygens (including phenoxy) is 4. The highest BCUT2D eigenvalue weighted by Crippen LogP contribution is 2.45. The molecular weight excluding hydrogens is 1250 g/mol. The van der Waals surface area contributed by atoms with Gasteiger partial charge in [0, 0.05) is 25.7 Å². The third-order valence-electron chi connectivity index (χ3n) is 17.6. The first-order chi connectivity index (χ1) is 45.6. The number of phosphoric acid groups is 2. The van der Waals surface area contributed by atoms with Crippen LogP contribution in [-0.2, 0) is 65.4 Å². The van der Waals surface area contributed by atoms with Crippen molar-refractivity contribution in [2.45, 2.75) is 401 Å². The standard InChI is InChI=1S/C76H148O17P2/c1-66(2)52-44-36-28-21-16-12-9-10-14-19-25-33-42-50-58-75(80)92-72(63-87-74(79)57-49-41-35-27-31-39-47-55-69(7)8)65-91-95(84,85)89-61-70(77)60-88-94(82,83)90-64-71(93-76(81)59-51-43-34-26-20-23-30-38-46-54-68(5)6)62-86-73(78)56-48-40-32-24-18-15-11-13-17-22-29-37-45-53-67(3)4/h66-72,77H,9-65H2,1-8H3,(H,82,83)(H,84,85)/t70?,71-,72-/m1/s1. The van der Waals surface area contributed by atoms with Gasteiger partial charge in [0.2, 0.25) is 0 Å². The van der Waals surface area contributed by atoms with Gasteiger partial charge in [-0.2, -0.15) is 0 Å². The van der Waals surface area contributed by atoms with Crippen LogP contribution in [0.15, 0.2) is 0 Å². The van der Waals surface area contributed by atoms with Crippen LogP contribution in [-0.4, -0.2) is 96.7 Å². The van der Waals surface area contributed by atoms with Crippen molar-refractivity contribution in [3.05, 3.63) is 0 Å². The SMILES string of the molecule is CC(C)CCCCCCCCCCCCCCCCC(=O)O[C@H](COC(=O)CCCCCCCCCC(C)C)COP(=O)(O)OCC(O)COP(=O)(O)OC[C@@H](COC(=O)CCCCCCCCCCCCCCCC(C)C)OC(=O)CCCCCCCCCCCC(C)C. The van der Waals surface area contributed by atoms with Crippen LogP contribution in [0.4, 0.5) is 0 Å². The van der Waals surface area contributed by atoms with Crippen LogP contribution < -0.4 is 0 Å². The lowest BCUT2D eigenvalue weighted by Gasteiger charge is -2.21. The monoisotopic (exact) mass is 1400 g/mol. The highest BCUT2D eigenvalue weighted by Gasteiger charge is 2.30. The maximum absolute atomic E-state index is 13.1. The first-order valence-corrected chi connectivity index (χ1v) is 42.2. The molecule has 95 heavy (non-hydrogen) atoms. The summed E-state index contributed by atoms with van der Waals surface area (Å²) in [5.74, 6) is 0.906. The number of hydrogen-bond acceptors (Lipinski definition) is 15. The second kappa shape index (κ2) is 65.4. The van der Waals surface area contributed by atoms with E-state index >= 15 is 0 Å². The topological polar surface area (TPSA) is 237 Å². The van der Waals surface area contributed by atoms with Crippen LogP contribution in [0.3, 0.4) is 0 Å². The molecule has 5 atom stereocenters. The molecule has 0 spiro atoms. The van der Waals surface area contributed by atoms with Crippen molar-refractivity contribution in [1.29, 1.82) is 0 Å². The molecule has 0 aromatic rings. The molecule has 0 bridgehead atoms. The van der Waals surface area contributed by atoms with Gasteiger partial charge in [-0.25, -0.2) is 9.13 Å². The van der Waals surface area contributed by atoms with Gasteiger partial charge in [-0.15, -0.1) is 0 Å². The van der Waals surface area contributed by atoms with Gasteiger partial charge in [0.25, 0.3) is 0 Å². The van der Waals surface area contributed by atoms with Crippen LogP contribution >= 0.6 is 15.6 Å². The predicted octanol–water partition coefficient (Wildman–Crippen LogP) is 22.0. The summed E-state index contributed by atoms with van der Waals surface area (Å²) in [6.45, 7) is 14.2. The summed E-state index contributed by atoms with van der Waals surface area (Å²) < 4.78 is 68.5. The van der Waals surface area contributed by atoms with Crippen LogP contribution in [0.2, 0.25) is 0 Å². The number of phosphoric ester groups is 2. The highest BCUT2D eigenvalue weighted by atomic mass is 31.2. The van der Waals surface area contributed by atoms with Crippen molar-refractivity contribution in [3.63, 3.8) is 0 Å². The molecule has 564 valence electrons. The Labute approximate surface area is 581 Å². The van der Waals surface area contributed by atoms with Crippen LogP contribution in [0, 0.1) is 23.7 Å². The van der Waals surface area contributed by atoms with Crippen LogP contribution in [0.1, 0.15) is 383 Å². The Kier molecular flexibility index (Phi) is 64.0. The maximum atomic E-state index is 13.1. The molecular formula is C76H148O17P2. The smallest absolute Gasteiger partial charge is 0.462 e. The summed E-state index contributed by atoms with van der Waals surface area (Å²) in [6, 6.07) is 0. The molecule has 3 unspecified atom stereocenters. The minimum Gasteiger partial charge on any atom is -0.462 e. The van der Waals surface area contributed by atoms with Crippen molar-refractivity contribution in [3.8, 4) is 0 Å². The van der Waals surface area contributed by atoms with Crippen molar-refractivity contribution >= 4 is 39.5 Å². The maximum Gasteiger partial charge on any atom is 0.472 e. The average Bonchev–Trinajstić information content (AvgIpc) is 2.21. The molecule has 0 fully saturated rings. The minimum atomic E-state index is -4.96. The Morgan fingerprint density at radius 3 is 0.653 bits per heavy atom. The number of unbranched alkanes of at least 4 members (excludes halogenated alkanes) is 39. The molecule has 0 rings (SSSR count). The summed E-state index contributed by atoms with van der Waals surface area (Å²) in [5.41, 5.74) is 0. The van der Waals surface area contributed by atoms with Gasteiger partial charge in [-0.05, 0) is 49.4 Å². The zero-order valence-corrected chi connectivity index (χ0v) is 64.1. The molecule has 0 saturated carbocycles. The molecule has 0 radical (unpaired) electrons. The summed E-state index contributed by atoms with van der Waals surface area (Å²) >= 11 is 0. The minimum absolute atomic E-state index is 0.105. The van der Waals surface area contributed by atoms with E-state index in [2.05, 4.69) is 55.4 Å². The van der Waals surface area contributed by atoms with Crippen molar-refractivity contribution in [1.82, 2.24) is 0 Å². The first kappa shape index (κ1) is 93.1. The number of aliphatic hydroxyl groups excluding tert-OH is 1. The Hall–Kier alpha value is -1.94. The molecule has 0 aromatic heterocycles. The normalized spacial score (nSPS) is 14.1. The number of aliphatic hydroxyl groups is 1. The lowest BCUT2D eigenvalue weighted by atomic mass is 10.0. The Balaban J connectivity index is 5.23. The number of carbonyl (C=O) groups is 4. The lowest BCUT2D eigenvalue weighted by molar-refractivity contribution is -0.161. The van der Waals surface area contributed by atoms with Gasteiger partial charge in [-0.1, -0.05) is 331 Å². The molecule has 0 aliphatic heterocycles. The van der Waals surface area contributed by atoms with E-state index in [4.69, 9.17) is 37.0 Å². The number of hydrogen-bond donors (Lipinski definition) is 3. The van der Waals surface area contributed by atoms with E-state index in [9.17, 15) is 43.2 Å². The molecule has 0 amide bonds. The van der Waals surface area contributed by atoms with Gasteiger partial charge in [-0.3, -0.25) is 37.3 Å². The summed E-state index contributed by atoms with van der Waals surface area (Å²) in [5, 5.41) is 10.6. The molecule has 0 heterocycles. The zero-order valence-electron chi connectivity index (χ0n) is 62.3. The van der Waals surface area contributed by atoms with Crippen molar-refractivity contribution < 1.29 is 80.2 Å². The molecule has 0 aromatic carbocycles. The van der Waals surface area contributed by atoms with E-state index in [0.29, 0.717) is 31.6 Å². The molecule has 0 aliphatic carbocycles. The quantitative estimate of drug-likeness (QED) is 0.0222. The fourth-order valence-electron chi connectivity index (χ4n) is 11.6. The fourth-order valence-corrected chi connectivity index (χ4v) is 13.1. The van der Waals surface area contributed by atoms with Crippen molar-refractivity contribution in [2.75, 3.05) is 39.6 Å². The van der Waals surface area contributed by atoms with E-state index in [-0.39, 0.29) is 25.7 Å². The summed E-state index contributed by atoms with van der Waals surface area (Å²) in [4.78, 5) is 72.8. The number of carbonyl (C=O) groups excluding carboxylic acids is 4. The fraction of sp³-hybridized carbons (Fsp3) is 0.947. The second-order valence-electron chi connectivity index (χ2n) is 29.3. The summed E-state index contributed by atoms with van der Waals surface area (Å²) in [7, 11) is -9.91. The zero-order chi connectivity index (χ0) is 70.3. The van der Waals surface area contributed by atoms with Crippen LogP contribution in [0.25, 0.3) is 0 Å². The number of rotatable bonds is 73. The van der Waals surface area contributed by atoms with E-state index in [1.807, 2.05) is 0 Å². The third-order valence-corrected chi connectivity index (χ3v) is 19.5. The summed E-state index contributed by atoms with van der Waals surface area (Å²) in [6.07, 6.45) is 50.0. The average molecular weight is 1400 g/mol. The lowest BCUT2D eigenvalue weighted by Crippen LogP contribution is -2.30. The van der Waals surface area contributed by atoms with Gasteiger partial charge in [0.05, 0.1) is 26.4 Å². The highest BCUT2D eigenvalue weighted by molar-refractivity contribution is 7.47. The van der Waals surface area contributed by atoms with Gasteiger partial charge in [0.1, 0.15) is 19.3 Å². The van der Waals surface area contributed by atoms with Crippen LogP contribution in [0.5, 0.6) is 0 Å². The number of esters is 4. The van der Waals surface area contributed by atoms with Gasteiger partial charge in [0.15, 0.2) is 12.2 Å². The van der Waals surface area contributed by atoms with Gasteiger partial charge < -0.3 is 33.8 Å². The first-order valence-electron chi connectivity index (χ1n) is 39.2. The Morgan fingerprint density at radius 1 is 0.263 bits per heavy atom. The largest absolute Gasteiger partial charge is 0.472 e. The van der Waals surface area contributed by atoms with Crippen molar-refractivity contribution in [2.24, 2.45) is 23.7 Å². The predicted molar refractivity (Wildman–Crippen MR) is 386 cm³/mol. The van der Waals surface area contributed by atoms with Gasteiger partial charge >= 0.3 is 39.5 Å². The molecule has 19 heteroatoms. The van der Waals surface area contributed by atoms with E-state index in [1.165, 1.54) is 180 Å². The second-order valence-corrected chi connectivity index (χ2v) is 32.2. The Bertz CT molecular complexity index is 1870. The third kappa shape index (κ3) is 70.3. The molecule has 0 aliphatic rings. The molecule has 0 saturated heterocycles. The van der Waals surface area contributed by atoms with E-state index < -0.39 is 97.5 Å². The van der Waals surface area contributed by atoms with E-state index in [0.717, 1.165) is 114 Å². The molecule has 17 nitrogen and oxygen atoms in total.